The Balaban J connectivity index is 1.71. The summed E-state index contributed by atoms with van der Waals surface area (Å²) in [4.78, 5) is 4.20. The molecular formula is C15H11FN2O2. The third kappa shape index (κ3) is 2.66. The fourth-order valence-corrected chi connectivity index (χ4v) is 1.71. The van der Waals surface area contributed by atoms with Gasteiger partial charge in [0.25, 0.3) is 5.89 Å². The molecule has 3 aromatic rings. The second-order valence-corrected chi connectivity index (χ2v) is 4.10. The predicted octanol–water partition coefficient (Wildman–Crippen LogP) is 3.45. The molecule has 0 N–H and O–H groups in total. The van der Waals surface area contributed by atoms with E-state index in [9.17, 15) is 4.39 Å². The summed E-state index contributed by atoms with van der Waals surface area (Å²) < 4.78 is 23.8. The number of halogens is 1. The molecule has 3 rings (SSSR count). The van der Waals surface area contributed by atoms with Crippen LogP contribution in [-0.2, 0) is 6.61 Å². The second-order valence-electron chi connectivity index (χ2n) is 4.10. The minimum absolute atomic E-state index is 0.0528. The first-order valence-electron chi connectivity index (χ1n) is 6.08. The highest BCUT2D eigenvalue weighted by atomic mass is 19.1. The second kappa shape index (κ2) is 5.52. The molecule has 0 atom stereocenters. The van der Waals surface area contributed by atoms with Gasteiger partial charge < -0.3 is 9.26 Å². The number of para-hydroxylation sites is 1. The van der Waals surface area contributed by atoms with Crippen molar-refractivity contribution in [2.75, 3.05) is 0 Å². The zero-order valence-electron chi connectivity index (χ0n) is 10.5. The van der Waals surface area contributed by atoms with E-state index in [0.29, 0.717) is 11.7 Å². The first-order valence-corrected chi connectivity index (χ1v) is 6.08. The summed E-state index contributed by atoms with van der Waals surface area (Å²) in [5, 5.41) is 3.80. The summed E-state index contributed by atoms with van der Waals surface area (Å²) in [5.74, 6) is 0.530. The van der Waals surface area contributed by atoms with Crippen LogP contribution >= 0.6 is 0 Å². The van der Waals surface area contributed by atoms with E-state index < -0.39 is 5.82 Å². The van der Waals surface area contributed by atoms with E-state index in [1.165, 1.54) is 6.07 Å². The van der Waals surface area contributed by atoms with Crippen molar-refractivity contribution in [3.63, 3.8) is 0 Å². The third-order valence-electron chi connectivity index (χ3n) is 2.68. The van der Waals surface area contributed by atoms with E-state index in [1.807, 2.05) is 30.3 Å². The van der Waals surface area contributed by atoms with Gasteiger partial charge in [0.2, 0.25) is 5.82 Å². The van der Waals surface area contributed by atoms with Crippen LogP contribution in [0.15, 0.2) is 59.1 Å². The topological polar surface area (TPSA) is 48.2 Å². The molecule has 100 valence electrons. The van der Waals surface area contributed by atoms with E-state index in [-0.39, 0.29) is 12.4 Å². The Morgan fingerprint density at radius 3 is 2.55 bits per heavy atom. The van der Waals surface area contributed by atoms with Crippen LogP contribution in [0.5, 0.6) is 5.75 Å². The van der Waals surface area contributed by atoms with Crippen LogP contribution in [0.3, 0.4) is 0 Å². The van der Waals surface area contributed by atoms with Crippen molar-refractivity contribution >= 4 is 0 Å². The average molecular weight is 270 g/mol. The number of rotatable bonds is 4. The van der Waals surface area contributed by atoms with Gasteiger partial charge >= 0.3 is 0 Å². The highest BCUT2D eigenvalue weighted by molar-refractivity contribution is 5.51. The lowest BCUT2D eigenvalue weighted by Crippen LogP contribution is -1.99. The Labute approximate surface area is 114 Å². The predicted molar refractivity (Wildman–Crippen MR) is 70.5 cm³/mol. The van der Waals surface area contributed by atoms with Gasteiger partial charge in [-0.1, -0.05) is 35.5 Å². The Kier molecular flexibility index (Phi) is 3.41. The fourth-order valence-electron chi connectivity index (χ4n) is 1.71. The molecule has 0 amide bonds. The first-order chi connectivity index (χ1) is 9.83. The number of hydrogen-bond acceptors (Lipinski definition) is 4. The Morgan fingerprint density at radius 1 is 1.00 bits per heavy atom. The van der Waals surface area contributed by atoms with E-state index in [2.05, 4.69) is 10.1 Å². The highest BCUT2D eigenvalue weighted by Crippen LogP contribution is 2.19. The molecule has 1 aromatic heterocycles. The van der Waals surface area contributed by atoms with Crippen LogP contribution in [0.4, 0.5) is 4.39 Å². The van der Waals surface area contributed by atoms with E-state index in [4.69, 9.17) is 9.26 Å². The monoisotopic (exact) mass is 270 g/mol. The van der Waals surface area contributed by atoms with Gasteiger partial charge in [-0.25, -0.2) is 4.39 Å². The lowest BCUT2D eigenvalue weighted by molar-refractivity contribution is 0.274. The quantitative estimate of drug-likeness (QED) is 0.728. The normalized spacial score (nSPS) is 10.4. The fraction of sp³-hybridized carbons (Fsp3) is 0.0667. The third-order valence-corrected chi connectivity index (χ3v) is 2.68. The van der Waals surface area contributed by atoms with Crippen molar-refractivity contribution in [1.82, 2.24) is 10.1 Å². The number of aromatic nitrogens is 2. The molecule has 0 bridgehead atoms. The summed E-state index contributed by atoms with van der Waals surface area (Å²) in [7, 11) is 0. The number of ether oxygens (including phenoxy) is 1. The summed E-state index contributed by atoms with van der Waals surface area (Å²) >= 11 is 0. The van der Waals surface area contributed by atoms with Crippen LogP contribution in [0.2, 0.25) is 0 Å². The van der Waals surface area contributed by atoms with Crippen molar-refractivity contribution in [3.05, 3.63) is 66.2 Å². The molecule has 5 heteroatoms. The standard InChI is InChI=1S/C15H11FN2O2/c16-12-8-4-5-9-13(12)19-10-14-17-15(20-18-14)11-6-2-1-3-7-11/h1-9H,10H2. The molecule has 0 radical (unpaired) electrons. The zero-order chi connectivity index (χ0) is 13.8. The van der Waals surface area contributed by atoms with Crippen molar-refractivity contribution in [2.45, 2.75) is 6.61 Å². The SMILES string of the molecule is Fc1ccccc1OCc1noc(-c2ccccc2)n1. The van der Waals surface area contributed by atoms with Gasteiger partial charge in [-0.15, -0.1) is 0 Å². The maximum absolute atomic E-state index is 13.4. The molecule has 0 aliphatic rings. The summed E-state index contributed by atoms with van der Waals surface area (Å²) in [5.41, 5.74) is 0.831. The summed E-state index contributed by atoms with van der Waals surface area (Å²) in [6, 6.07) is 15.6. The molecule has 0 unspecified atom stereocenters. The van der Waals surface area contributed by atoms with Gasteiger partial charge in [0.15, 0.2) is 18.2 Å². The molecule has 20 heavy (non-hydrogen) atoms. The van der Waals surface area contributed by atoms with Gasteiger partial charge in [0, 0.05) is 5.56 Å². The van der Waals surface area contributed by atoms with Crippen molar-refractivity contribution in [2.24, 2.45) is 0 Å². The van der Waals surface area contributed by atoms with Crippen LogP contribution < -0.4 is 4.74 Å². The smallest absolute Gasteiger partial charge is 0.258 e. The summed E-state index contributed by atoms with van der Waals surface area (Å²) in [6.07, 6.45) is 0. The van der Waals surface area contributed by atoms with Crippen LogP contribution in [0.25, 0.3) is 11.5 Å². The van der Waals surface area contributed by atoms with E-state index in [0.717, 1.165) is 5.56 Å². The summed E-state index contributed by atoms with van der Waals surface area (Å²) in [6.45, 7) is 0.0528. The molecule has 0 aliphatic heterocycles. The van der Waals surface area contributed by atoms with E-state index in [1.54, 1.807) is 18.2 Å². The molecule has 1 heterocycles. The van der Waals surface area contributed by atoms with Gasteiger partial charge in [0.1, 0.15) is 0 Å². The Morgan fingerprint density at radius 2 is 1.75 bits per heavy atom. The van der Waals surface area contributed by atoms with Crippen molar-refractivity contribution in [1.29, 1.82) is 0 Å². The molecule has 0 fully saturated rings. The lowest BCUT2D eigenvalue weighted by Gasteiger charge is -2.03. The molecule has 4 nitrogen and oxygen atoms in total. The molecule has 0 saturated carbocycles. The maximum Gasteiger partial charge on any atom is 0.258 e. The largest absolute Gasteiger partial charge is 0.482 e. The Hall–Kier alpha value is -2.69. The first kappa shape index (κ1) is 12.3. The number of benzene rings is 2. The minimum atomic E-state index is -0.417. The minimum Gasteiger partial charge on any atom is -0.482 e. The molecule has 0 spiro atoms. The highest BCUT2D eigenvalue weighted by Gasteiger charge is 2.09. The molecule has 2 aromatic carbocycles. The van der Waals surface area contributed by atoms with E-state index >= 15 is 0 Å². The van der Waals surface area contributed by atoms with Gasteiger partial charge in [-0.2, -0.15) is 4.98 Å². The number of nitrogens with zero attached hydrogens (tertiary/aromatic N) is 2. The van der Waals surface area contributed by atoms with Crippen LogP contribution in [0, 0.1) is 5.82 Å². The molecule has 0 saturated heterocycles. The van der Waals surface area contributed by atoms with Crippen molar-refractivity contribution in [3.8, 4) is 17.2 Å². The van der Waals surface area contributed by atoms with Crippen LogP contribution in [-0.4, -0.2) is 10.1 Å². The Bertz CT molecular complexity index is 698. The zero-order valence-corrected chi connectivity index (χ0v) is 10.5. The maximum atomic E-state index is 13.4. The van der Waals surface area contributed by atoms with Crippen LogP contribution in [0.1, 0.15) is 5.82 Å². The number of hydrogen-bond donors (Lipinski definition) is 0. The lowest BCUT2D eigenvalue weighted by atomic mass is 10.2. The van der Waals surface area contributed by atoms with Gasteiger partial charge in [-0.3, -0.25) is 0 Å². The van der Waals surface area contributed by atoms with Gasteiger partial charge in [-0.05, 0) is 24.3 Å². The molecule has 0 aliphatic carbocycles. The van der Waals surface area contributed by atoms with Crippen molar-refractivity contribution < 1.29 is 13.7 Å². The molecular weight excluding hydrogens is 259 g/mol. The average Bonchev–Trinajstić information content (AvgIpc) is 2.96. The van der Waals surface area contributed by atoms with Gasteiger partial charge in [0.05, 0.1) is 0 Å².